The lowest BCUT2D eigenvalue weighted by molar-refractivity contribution is -0.144. The third-order valence-corrected chi connectivity index (χ3v) is 2.67. The summed E-state index contributed by atoms with van der Waals surface area (Å²) in [6.45, 7) is 0. The smallest absolute Gasteiger partial charge is 0.322 e. The Bertz CT molecular complexity index is 184. The normalized spacial score (nSPS) is 31.0. The second-order valence-corrected chi connectivity index (χ2v) is 3.63. The van der Waals surface area contributed by atoms with Gasteiger partial charge in [0.1, 0.15) is 6.04 Å². The van der Waals surface area contributed by atoms with Gasteiger partial charge >= 0.3 is 5.97 Å². The molecule has 0 heterocycles. The van der Waals surface area contributed by atoms with E-state index in [2.05, 4.69) is 4.74 Å². The number of hydrogen-bond acceptors (Lipinski definition) is 4. The summed E-state index contributed by atoms with van der Waals surface area (Å²) in [4.78, 5) is 11.1. The topological polar surface area (TPSA) is 72.5 Å². The van der Waals surface area contributed by atoms with Gasteiger partial charge in [0.15, 0.2) is 0 Å². The molecule has 0 unspecified atom stereocenters. The summed E-state index contributed by atoms with van der Waals surface area (Å²) in [5.41, 5.74) is 5.68. The quantitative estimate of drug-likeness (QED) is 0.598. The van der Waals surface area contributed by atoms with E-state index >= 15 is 0 Å². The summed E-state index contributed by atoms with van der Waals surface area (Å²) in [6.07, 6.45) is 3.00. The first kappa shape index (κ1) is 10.5. The van der Waals surface area contributed by atoms with Crippen molar-refractivity contribution in [2.45, 2.75) is 37.8 Å². The second-order valence-electron chi connectivity index (χ2n) is 3.63. The van der Waals surface area contributed by atoms with Crippen LogP contribution in [0.25, 0.3) is 0 Å². The average molecular weight is 187 g/mol. The van der Waals surface area contributed by atoms with Crippen LogP contribution < -0.4 is 5.73 Å². The third-order valence-electron chi connectivity index (χ3n) is 2.67. The molecule has 0 amide bonds. The first-order valence-electron chi connectivity index (χ1n) is 4.66. The number of carbonyl (C=O) groups excluding carboxylic acids is 1. The number of esters is 1. The molecule has 1 rings (SSSR count). The van der Waals surface area contributed by atoms with Gasteiger partial charge in [0.2, 0.25) is 0 Å². The van der Waals surface area contributed by atoms with E-state index in [0.29, 0.717) is 6.42 Å². The predicted molar refractivity (Wildman–Crippen MR) is 48.0 cm³/mol. The monoisotopic (exact) mass is 187 g/mol. The maximum atomic E-state index is 11.1. The molecule has 76 valence electrons. The lowest BCUT2D eigenvalue weighted by Crippen LogP contribution is -2.41. The summed E-state index contributed by atoms with van der Waals surface area (Å²) in [5.74, 6) is -0.296. The zero-order valence-corrected chi connectivity index (χ0v) is 7.90. The molecule has 0 radical (unpaired) electrons. The fraction of sp³-hybridized carbons (Fsp3) is 0.889. The van der Waals surface area contributed by atoms with Crippen molar-refractivity contribution in [3.8, 4) is 0 Å². The molecule has 4 heteroatoms. The predicted octanol–water partition coefficient (Wildman–Crippen LogP) is 0.0378. The van der Waals surface area contributed by atoms with Crippen LogP contribution in [0.15, 0.2) is 0 Å². The molecular formula is C9H17NO3. The molecule has 4 nitrogen and oxygen atoms in total. The Labute approximate surface area is 78.1 Å². The van der Waals surface area contributed by atoms with Crippen LogP contribution in [-0.4, -0.2) is 30.3 Å². The summed E-state index contributed by atoms with van der Waals surface area (Å²) >= 11 is 0. The summed E-state index contributed by atoms with van der Waals surface area (Å²) in [7, 11) is 1.33. The van der Waals surface area contributed by atoms with E-state index in [4.69, 9.17) is 5.73 Å². The largest absolute Gasteiger partial charge is 0.468 e. The van der Waals surface area contributed by atoms with Gasteiger partial charge in [0.05, 0.1) is 13.2 Å². The lowest BCUT2D eigenvalue weighted by Gasteiger charge is -2.28. The number of aliphatic hydroxyl groups is 1. The molecule has 1 fully saturated rings. The number of carbonyl (C=O) groups is 1. The Morgan fingerprint density at radius 2 is 2.31 bits per heavy atom. The Kier molecular flexibility index (Phi) is 3.69. The van der Waals surface area contributed by atoms with E-state index < -0.39 is 6.04 Å². The highest BCUT2D eigenvalue weighted by Crippen LogP contribution is 2.26. The highest BCUT2D eigenvalue weighted by atomic mass is 16.5. The fourth-order valence-electron chi connectivity index (χ4n) is 1.86. The van der Waals surface area contributed by atoms with Gasteiger partial charge in [-0.15, -0.1) is 0 Å². The van der Waals surface area contributed by atoms with Gasteiger partial charge in [-0.2, -0.15) is 0 Å². The molecule has 0 aromatic carbocycles. The molecule has 0 saturated heterocycles. The van der Waals surface area contributed by atoms with Crippen LogP contribution in [0.1, 0.15) is 25.7 Å². The van der Waals surface area contributed by atoms with Crippen LogP contribution in [0.4, 0.5) is 0 Å². The minimum Gasteiger partial charge on any atom is -0.468 e. The molecule has 0 aromatic rings. The van der Waals surface area contributed by atoms with Gasteiger partial charge in [0, 0.05) is 0 Å². The molecule has 13 heavy (non-hydrogen) atoms. The standard InChI is InChI=1S/C9H17NO3/c1-13-9(12)8(10)6-3-2-4-7(11)5-6/h6-8,11H,2-5,10H2,1H3/t6-,7-,8-/m0/s1. The van der Waals surface area contributed by atoms with Gasteiger partial charge in [-0.25, -0.2) is 0 Å². The Morgan fingerprint density at radius 1 is 1.62 bits per heavy atom. The van der Waals surface area contributed by atoms with Crippen LogP contribution >= 0.6 is 0 Å². The van der Waals surface area contributed by atoms with Crippen LogP contribution in [0.2, 0.25) is 0 Å². The molecule has 3 N–H and O–H groups in total. The van der Waals surface area contributed by atoms with Gasteiger partial charge < -0.3 is 15.6 Å². The highest BCUT2D eigenvalue weighted by Gasteiger charge is 2.29. The zero-order chi connectivity index (χ0) is 9.84. The van der Waals surface area contributed by atoms with Gasteiger partial charge in [-0.05, 0) is 25.2 Å². The second kappa shape index (κ2) is 4.58. The molecule has 0 aliphatic heterocycles. The van der Waals surface area contributed by atoms with Crippen LogP contribution in [0.5, 0.6) is 0 Å². The van der Waals surface area contributed by atoms with Crippen molar-refractivity contribution in [1.29, 1.82) is 0 Å². The van der Waals surface area contributed by atoms with Crippen LogP contribution in [0, 0.1) is 5.92 Å². The van der Waals surface area contributed by atoms with Crippen molar-refractivity contribution in [2.75, 3.05) is 7.11 Å². The number of rotatable bonds is 2. The number of hydrogen-bond donors (Lipinski definition) is 2. The fourth-order valence-corrected chi connectivity index (χ4v) is 1.86. The third kappa shape index (κ3) is 2.67. The SMILES string of the molecule is COC(=O)[C@@H](N)[C@H]1CCC[C@H](O)C1. The van der Waals surface area contributed by atoms with Crippen molar-refractivity contribution >= 4 is 5.97 Å². The number of ether oxygens (including phenoxy) is 1. The van der Waals surface area contributed by atoms with Crippen molar-refractivity contribution in [1.82, 2.24) is 0 Å². The zero-order valence-electron chi connectivity index (χ0n) is 7.90. The molecule has 1 saturated carbocycles. The summed E-state index contributed by atoms with van der Waals surface area (Å²) in [5, 5.41) is 9.38. The maximum Gasteiger partial charge on any atom is 0.322 e. The number of methoxy groups -OCH3 is 1. The average Bonchev–Trinajstić information content (AvgIpc) is 2.15. The molecular weight excluding hydrogens is 170 g/mol. The molecule has 0 bridgehead atoms. The molecule has 3 atom stereocenters. The van der Waals surface area contributed by atoms with E-state index in [1.807, 2.05) is 0 Å². The Balaban J connectivity index is 2.45. The maximum absolute atomic E-state index is 11.1. The van der Waals surface area contributed by atoms with E-state index in [1.54, 1.807) is 0 Å². The minimum atomic E-state index is -0.569. The van der Waals surface area contributed by atoms with Gasteiger partial charge in [-0.1, -0.05) is 6.42 Å². The van der Waals surface area contributed by atoms with E-state index in [9.17, 15) is 9.90 Å². The molecule has 1 aliphatic carbocycles. The van der Waals surface area contributed by atoms with Crippen molar-refractivity contribution < 1.29 is 14.6 Å². The van der Waals surface area contributed by atoms with Crippen LogP contribution in [-0.2, 0) is 9.53 Å². The van der Waals surface area contributed by atoms with Crippen molar-refractivity contribution in [2.24, 2.45) is 11.7 Å². The lowest BCUT2D eigenvalue weighted by atomic mass is 9.83. The van der Waals surface area contributed by atoms with E-state index in [1.165, 1.54) is 7.11 Å². The van der Waals surface area contributed by atoms with E-state index in [-0.39, 0.29) is 18.0 Å². The Hall–Kier alpha value is -0.610. The van der Waals surface area contributed by atoms with Crippen LogP contribution in [0.3, 0.4) is 0 Å². The number of aliphatic hydroxyl groups excluding tert-OH is 1. The molecule has 1 aliphatic rings. The first-order chi connectivity index (χ1) is 6.15. The minimum absolute atomic E-state index is 0.0798. The van der Waals surface area contributed by atoms with Crippen molar-refractivity contribution in [3.63, 3.8) is 0 Å². The van der Waals surface area contributed by atoms with Gasteiger partial charge in [-0.3, -0.25) is 4.79 Å². The summed E-state index contributed by atoms with van der Waals surface area (Å²) in [6, 6.07) is -0.569. The first-order valence-corrected chi connectivity index (χ1v) is 4.66. The Morgan fingerprint density at radius 3 is 2.85 bits per heavy atom. The van der Waals surface area contributed by atoms with Gasteiger partial charge in [0.25, 0.3) is 0 Å². The highest BCUT2D eigenvalue weighted by molar-refractivity contribution is 5.75. The molecule has 0 spiro atoms. The molecule has 0 aromatic heterocycles. The number of nitrogens with two attached hydrogens (primary N) is 1. The van der Waals surface area contributed by atoms with Crippen molar-refractivity contribution in [3.05, 3.63) is 0 Å². The summed E-state index contributed by atoms with van der Waals surface area (Å²) < 4.78 is 4.55. The van der Waals surface area contributed by atoms with E-state index in [0.717, 1.165) is 19.3 Å².